The lowest BCUT2D eigenvalue weighted by molar-refractivity contribution is 0.122. The third-order valence-corrected chi connectivity index (χ3v) is 5.03. The zero-order valence-electron chi connectivity index (χ0n) is 16.1. The summed E-state index contributed by atoms with van der Waals surface area (Å²) >= 11 is 5.37. The predicted octanol–water partition coefficient (Wildman–Crippen LogP) is 1.63. The first-order valence-electron chi connectivity index (χ1n) is 9.77. The van der Waals surface area contributed by atoms with Gasteiger partial charge in [0, 0.05) is 45.9 Å². The van der Waals surface area contributed by atoms with E-state index in [9.17, 15) is 0 Å². The highest BCUT2D eigenvalue weighted by molar-refractivity contribution is 7.80. The van der Waals surface area contributed by atoms with E-state index in [1.54, 1.807) is 7.11 Å². The summed E-state index contributed by atoms with van der Waals surface area (Å²) in [5.41, 5.74) is 0. The van der Waals surface area contributed by atoms with Crippen molar-refractivity contribution in [3.05, 3.63) is 6.07 Å². The molecular formula is C18H30N6O2S. The zero-order chi connectivity index (χ0) is 18.9. The van der Waals surface area contributed by atoms with Gasteiger partial charge in [0.05, 0.1) is 19.8 Å². The monoisotopic (exact) mass is 394 g/mol. The number of hydrogen-bond donors (Lipinski definition) is 2. The SMILES string of the molecule is COCCNC(=S)Nc1nc(N2CCCCCC2)cc(N2CCOCC2)n1. The second kappa shape index (κ2) is 10.6. The number of anilines is 3. The molecule has 0 bridgehead atoms. The van der Waals surface area contributed by atoms with Gasteiger partial charge < -0.3 is 29.9 Å². The Kier molecular flexibility index (Phi) is 7.85. The quantitative estimate of drug-likeness (QED) is 0.553. The lowest BCUT2D eigenvalue weighted by Crippen LogP contribution is -2.37. The van der Waals surface area contributed by atoms with Crippen LogP contribution in [0.3, 0.4) is 0 Å². The molecule has 2 fully saturated rings. The van der Waals surface area contributed by atoms with Crippen LogP contribution in [0.1, 0.15) is 25.7 Å². The van der Waals surface area contributed by atoms with Crippen LogP contribution in [0.4, 0.5) is 17.6 Å². The average molecular weight is 395 g/mol. The first-order valence-corrected chi connectivity index (χ1v) is 10.2. The molecule has 0 atom stereocenters. The van der Waals surface area contributed by atoms with Gasteiger partial charge in [-0.05, 0) is 25.1 Å². The number of nitrogens with zero attached hydrogens (tertiary/aromatic N) is 4. The van der Waals surface area contributed by atoms with Gasteiger partial charge in [-0.1, -0.05) is 12.8 Å². The van der Waals surface area contributed by atoms with Crippen LogP contribution in [-0.2, 0) is 9.47 Å². The van der Waals surface area contributed by atoms with Crippen LogP contribution in [-0.4, -0.2) is 74.7 Å². The molecule has 0 aromatic carbocycles. The van der Waals surface area contributed by atoms with E-state index in [0.29, 0.717) is 24.2 Å². The van der Waals surface area contributed by atoms with Crippen molar-refractivity contribution in [3.63, 3.8) is 0 Å². The Labute approximate surface area is 166 Å². The van der Waals surface area contributed by atoms with E-state index in [1.807, 2.05) is 0 Å². The maximum Gasteiger partial charge on any atom is 0.232 e. The second-order valence-electron chi connectivity index (χ2n) is 6.78. The highest BCUT2D eigenvalue weighted by atomic mass is 32.1. The third kappa shape index (κ3) is 6.15. The number of aromatic nitrogens is 2. The summed E-state index contributed by atoms with van der Waals surface area (Å²) in [7, 11) is 1.67. The molecule has 0 saturated carbocycles. The fourth-order valence-corrected chi connectivity index (χ4v) is 3.50. The maximum atomic E-state index is 5.48. The Morgan fingerprint density at radius 1 is 1.07 bits per heavy atom. The second-order valence-corrected chi connectivity index (χ2v) is 7.19. The van der Waals surface area contributed by atoms with E-state index in [4.69, 9.17) is 31.7 Å². The molecule has 2 N–H and O–H groups in total. The smallest absolute Gasteiger partial charge is 0.232 e. The fraction of sp³-hybridized carbons (Fsp3) is 0.722. The van der Waals surface area contributed by atoms with Gasteiger partial charge in [0.2, 0.25) is 5.95 Å². The average Bonchev–Trinajstić information content (AvgIpc) is 2.98. The summed E-state index contributed by atoms with van der Waals surface area (Å²) in [5, 5.41) is 6.75. The molecule has 0 amide bonds. The third-order valence-electron chi connectivity index (χ3n) is 4.78. The minimum Gasteiger partial charge on any atom is -0.383 e. The van der Waals surface area contributed by atoms with Crippen LogP contribution in [0.5, 0.6) is 0 Å². The molecule has 0 radical (unpaired) electrons. The first kappa shape index (κ1) is 20.0. The lowest BCUT2D eigenvalue weighted by Gasteiger charge is -2.29. The van der Waals surface area contributed by atoms with E-state index in [2.05, 4.69) is 26.5 Å². The molecule has 3 heterocycles. The Hall–Kier alpha value is -1.71. The number of thiocarbonyl (C=S) groups is 1. The number of methoxy groups -OCH3 is 1. The molecule has 0 aliphatic carbocycles. The van der Waals surface area contributed by atoms with Crippen molar-refractivity contribution >= 4 is 34.9 Å². The Morgan fingerprint density at radius 2 is 1.70 bits per heavy atom. The van der Waals surface area contributed by atoms with Gasteiger partial charge in [0.1, 0.15) is 11.6 Å². The molecule has 1 aromatic heterocycles. The highest BCUT2D eigenvalue weighted by Gasteiger charge is 2.19. The number of nitrogens with one attached hydrogen (secondary N) is 2. The van der Waals surface area contributed by atoms with Crippen LogP contribution in [0.25, 0.3) is 0 Å². The number of morpholine rings is 1. The number of ether oxygens (including phenoxy) is 2. The standard InChI is InChI=1S/C18H30N6O2S/c1-25-11-6-19-18(27)22-17-20-15(23-7-4-2-3-5-8-23)14-16(21-17)24-9-12-26-13-10-24/h14H,2-13H2,1H3,(H2,19,20,21,22,27). The summed E-state index contributed by atoms with van der Waals surface area (Å²) in [6.07, 6.45) is 4.99. The molecule has 2 aliphatic heterocycles. The Bertz CT molecular complexity index is 604. The molecule has 2 aliphatic rings. The van der Waals surface area contributed by atoms with Crippen molar-refractivity contribution in [2.75, 3.05) is 74.8 Å². The molecule has 2 saturated heterocycles. The predicted molar refractivity (Wildman–Crippen MR) is 112 cm³/mol. The van der Waals surface area contributed by atoms with E-state index in [1.165, 1.54) is 25.7 Å². The number of rotatable bonds is 6. The van der Waals surface area contributed by atoms with Gasteiger partial charge in [-0.3, -0.25) is 0 Å². The largest absolute Gasteiger partial charge is 0.383 e. The zero-order valence-corrected chi connectivity index (χ0v) is 16.9. The molecule has 3 rings (SSSR count). The molecular weight excluding hydrogens is 364 g/mol. The molecule has 1 aromatic rings. The fourth-order valence-electron chi connectivity index (χ4n) is 3.31. The van der Waals surface area contributed by atoms with Gasteiger partial charge in [0.15, 0.2) is 5.11 Å². The van der Waals surface area contributed by atoms with E-state index in [0.717, 1.165) is 51.0 Å². The Morgan fingerprint density at radius 3 is 2.33 bits per heavy atom. The molecule has 8 nitrogen and oxygen atoms in total. The van der Waals surface area contributed by atoms with Crippen molar-refractivity contribution in [3.8, 4) is 0 Å². The van der Waals surface area contributed by atoms with Crippen molar-refractivity contribution in [1.29, 1.82) is 0 Å². The summed E-state index contributed by atoms with van der Waals surface area (Å²) in [4.78, 5) is 14.1. The molecule has 9 heteroatoms. The molecule has 150 valence electrons. The first-order chi connectivity index (χ1) is 13.3. The van der Waals surface area contributed by atoms with Crippen LogP contribution >= 0.6 is 12.2 Å². The van der Waals surface area contributed by atoms with Crippen LogP contribution < -0.4 is 20.4 Å². The summed E-state index contributed by atoms with van der Waals surface area (Å²) < 4.78 is 10.5. The molecule has 0 spiro atoms. The summed E-state index contributed by atoms with van der Waals surface area (Å²) in [6, 6.07) is 2.10. The van der Waals surface area contributed by atoms with Crippen molar-refractivity contribution in [2.45, 2.75) is 25.7 Å². The van der Waals surface area contributed by atoms with Gasteiger partial charge in [-0.2, -0.15) is 9.97 Å². The van der Waals surface area contributed by atoms with Gasteiger partial charge in [0.25, 0.3) is 0 Å². The minimum atomic E-state index is 0.507. The van der Waals surface area contributed by atoms with E-state index in [-0.39, 0.29) is 0 Å². The highest BCUT2D eigenvalue weighted by Crippen LogP contribution is 2.24. The topological polar surface area (TPSA) is 74.8 Å². The summed E-state index contributed by atoms with van der Waals surface area (Å²) in [5.74, 6) is 2.43. The van der Waals surface area contributed by atoms with E-state index >= 15 is 0 Å². The van der Waals surface area contributed by atoms with Crippen molar-refractivity contribution < 1.29 is 9.47 Å². The van der Waals surface area contributed by atoms with Gasteiger partial charge in [-0.25, -0.2) is 0 Å². The van der Waals surface area contributed by atoms with Crippen LogP contribution in [0, 0.1) is 0 Å². The van der Waals surface area contributed by atoms with Crippen molar-refractivity contribution in [2.24, 2.45) is 0 Å². The molecule has 0 unspecified atom stereocenters. The molecule has 27 heavy (non-hydrogen) atoms. The van der Waals surface area contributed by atoms with Crippen LogP contribution in [0.2, 0.25) is 0 Å². The number of hydrogen-bond acceptors (Lipinski definition) is 7. The van der Waals surface area contributed by atoms with Gasteiger partial charge >= 0.3 is 0 Å². The minimum absolute atomic E-state index is 0.507. The summed E-state index contributed by atoms with van der Waals surface area (Å²) in [6.45, 7) is 6.44. The Balaban J connectivity index is 1.77. The van der Waals surface area contributed by atoms with Crippen LogP contribution in [0.15, 0.2) is 6.07 Å². The normalized spacial score (nSPS) is 18.1. The maximum absolute atomic E-state index is 5.48. The van der Waals surface area contributed by atoms with E-state index < -0.39 is 0 Å². The lowest BCUT2D eigenvalue weighted by atomic mass is 10.2. The van der Waals surface area contributed by atoms with Gasteiger partial charge in [-0.15, -0.1) is 0 Å². The van der Waals surface area contributed by atoms with Crippen molar-refractivity contribution in [1.82, 2.24) is 15.3 Å².